The number of hydrogen-bond donors (Lipinski definition) is 2. The van der Waals surface area contributed by atoms with Crippen molar-refractivity contribution in [1.82, 2.24) is 25.2 Å². The molecule has 0 saturated carbocycles. The first kappa shape index (κ1) is 31.4. The molecule has 2 unspecified atom stereocenters. The average Bonchev–Trinajstić information content (AvgIpc) is 3.39. The van der Waals surface area contributed by atoms with Crippen LogP contribution in [-0.4, -0.2) is 85.0 Å². The first-order valence-corrected chi connectivity index (χ1v) is 19.2. The lowest BCUT2D eigenvalue weighted by atomic mass is 10.1. The maximum absolute atomic E-state index is 12.9. The van der Waals surface area contributed by atoms with E-state index in [1.165, 1.54) is 0 Å². The topological polar surface area (TPSA) is 105 Å². The van der Waals surface area contributed by atoms with Crippen molar-refractivity contribution < 1.29 is 14.0 Å². The summed E-state index contributed by atoms with van der Waals surface area (Å²) in [7, 11) is -1.96. The standard InChI is InChI=1S/C34H47N7O3Si/c1-34(2,3)45(4,5)44-30-19-27-10-14-36-32(42)23-40-15-11-28(12-16-40)43-29-8-6-7-26(18-29)39-31-17-24(9-13-35-31)25-20-37-33(38-21-25)41(27)22-30/h6-9,13,17-18,20-21,27-28,30H,10-12,14-16,19,22-23H2,1-5H3,(H,35,39)(H,36,42). The van der Waals surface area contributed by atoms with Crippen LogP contribution in [0.25, 0.3) is 11.1 Å². The summed E-state index contributed by atoms with van der Waals surface area (Å²) >= 11 is 0. The smallest absolute Gasteiger partial charge is 0.234 e. The van der Waals surface area contributed by atoms with Gasteiger partial charge in [-0.3, -0.25) is 9.69 Å². The van der Waals surface area contributed by atoms with Gasteiger partial charge in [-0.1, -0.05) is 26.8 Å². The Bertz CT molecular complexity index is 1470. The Balaban J connectivity index is 1.26. The van der Waals surface area contributed by atoms with Crippen LogP contribution in [0.5, 0.6) is 5.75 Å². The van der Waals surface area contributed by atoms with Gasteiger partial charge >= 0.3 is 0 Å². The molecule has 10 nitrogen and oxygen atoms in total. The van der Waals surface area contributed by atoms with Crippen LogP contribution < -0.4 is 20.3 Å². The molecular formula is C34H47N7O3Si. The normalized spacial score (nSPS) is 24.4. The lowest BCUT2D eigenvalue weighted by Gasteiger charge is -2.38. The van der Waals surface area contributed by atoms with Gasteiger partial charge < -0.3 is 24.7 Å². The fourth-order valence-electron chi connectivity index (χ4n) is 6.18. The van der Waals surface area contributed by atoms with E-state index in [1.54, 1.807) is 6.20 Å². The third kappa shape index (κ3) is 7.65. The second-order valence-corrected chi connectivity index (χ2v) is 18.9. The molecule has 3 aromatic rings. The minimum Gasteiger partial charge on any atom is -0.490 e. The number of aromatic nitrogens is 3. The molecule has 0 radical (unpaired) electrons. The van der Waals surface area contributed by atoms with Gasteiger partial charge in [0.05, 0.1) is 12.6 Å². The lowest BCUT2D eigenvalue weighted by molar-refractivity contribution is -0.122. The fraction of sp³-hybridized carbons (Fsp3) is 0.529. The second-order valence-electron chi connectivity index (χ2n) is 14.1. The molecule has 45 heavy (non-hydrogen) atoms. The predicted molar refractivity (Wildman–Crippen MR) is 181 cm³/mol. The van der Waals surface area contributed by atoms with E-state index in [2.05, 4.69) is 59.3 Å². The van der Waals surface area contributed by atoms with Gasteiger partial charge in [-0.05, 0) is 73.6 Å². The van der Waals surface area contributed by atoms with Crippen molar-refractivity contribution in [3.63, 3.8) is 0 Å². The second kappa shape index (κ2) is 13.1. The zero-order valence-corrected chi connectivity index (χ0v) is 28.3. The summed E-state index contributed by atoms with van der Waals surface area (Å²) < 4.78 is 13.2. The molecule has 2 N–H and O–H groups in total. The number of nitrogens with zero attached hydrogens (tertiary/aromatic N) is 5. The molecule has 8 bridgehead atoms. The van der Waals surface area contributed by atoms with E-state index in [9.17, 15) is 4.79 Å². The van der Waals surface area contributed by atoms with Gasteiger partial charge in [0.25, 0.3) is 0 Å². The van der Waals surface area contributed by atoms with Crippen molar-refractivity contribution in [3.05, 3.63) is 55.0 Å². The molecule has 1 amide bonds. The zero-order valence-electron chi connectivity index (χ0n) is 27.3. The van der Waals surface area contributed by atoms with E-state index < -0.39 is 8.32 Å². The van der Waals surface area contributed by atoms with Crippen LogP contribution in [0.2, 0.25) is 18.1 Å². The molecule has 6 aliphatic heterocycles. The van der Waals surface area contributed by atoms with E-state index in [0.29, 0.717) is 19.0 Å². The quantitative estimate of drug-likeness (QED) is 0.350. The molecule has 1 aromatic carbocycles. The molecule has 0 aliphatic carbocycles. The Kier molecular flexibility index (Phi) is 9.12. The number of hydrogen-bond acceptors (Lipinski definition) is 9. The van der Waals surface area contributed by atoms with Gasteiger partial charge in [-0.15, -0.1) is 0 Å². The van der Waals surface area contributed by atoms with Crippen LogP contribution in [0, 0.1) is 0 Å². The summed E-state index contributed by atoms with van der Waals surface area (Å²) in [5, 5.41) is 6.74. The molecule has 6 aliphatic rings. The van der Waals surface area contributed by atoms with Gasteiger partial charge in [0.2, 0.25) is 11.9 Å². The van der Waals surface area contributed by atoms with Crippen molar-refractivity contribution in [2.75, 3.05) is 42.9 Å². The first-order chi connectivity index (χ1) is 21.5. The van der Waals surface area contributed by atoms with E-state index in [4.69, 9.17) is 19.1 Å². The molecule has 2 saturated heterocycles. The molecule has 2 aromatic heterocycles. The van der Waals surface area contributed by atoms with Crippen molar-refractivity contribution in [3.8, 4) is 16.9 Å². The van der Waals surface area contributed by atoms with E-state index in [-0.39, 0.29) is 29.2 Å². The number of amides is 1. The summed E-state index contributed by atoms with van der Waals surface area (Å²) in [6, 6.07) is 12.2. The largest absolute Gasteiger partial charge is 0.490 e. The average molecular weight is 630 g/mol. The van der Waals surface area contributed by atoms with Gasteiger partial charge in [-0.25, -0.2) is 15.0 Å². The molecular weight excluding hydrogens is 583 g/mol. The first-order valence-electron chi connectivity index (χ1n) is 16.3. The molecule has 240 valence electrons. The van der Waals surface area contributed by atoms with Crippen molar-refractivity contribution >= 4 is 31.7 Å². The number of nitrogens with one attached hydrogen (secondary N) is 2. The SMILES string of the molecule is CC(C)(C)[Si](C)(C)OC1CC2CCNC(=O)CN3CCC(CC3)Oc3cccc(c3)Nc3cc(ccn3)-c3cnc(nc3)N2C1. The third-order valence-electron chi connectivity index (χ3n) is 9.74. The number of piperidine rings is 1. The van der Waals surface area contributed by atoms with Gasteiger partial charge in [0.1, 0.15) is 17.7 Å². The summed E-state index contributed by atoms with van der Waals surface area (Å²) in [6.45, 7) is 14.9. The summed E-state index contributed by atoms with van der Waals surface area (Å²) in [4.78, 5) is 31.7. The molecule has 2 fully saturated rings. The summed E-state index contributed by atoms with van der Waals surface area (Å²) in [6.07, 6.45) is 9.27. The molecule has 2 atom stereocenters. The fourth-order valence-corrected chi connectivity index (χ4v) is 7.54. The van der Waals surface area contributed by atoms with E-state index in [0.717, 1.165) is 73.7 Å². The van der Waals surface area contributed by atoms with Gasteiger partial charge in [0, 0.05) is 68.1 Å². The highest BCUT2D eigenvalue weighted by atomic mass is 28.4. The summed E-state index contributed by atoms with van der Waals surface area (Å²) in [5.41, 5.74) is 2.81. The number of rotatable bonds is 2. The van der Waals surface area contributed by atoms with E-state index >= 15 is 0 Å². The third-order valence-corrected chi connectivity index (χ3v) is 14.3. The number of ether oxygens (including phenoxy) is 1. The maximum Gasteiger partial charge on any atom is 0.234 e. The van der Waals surface area contributed by atoms with Crippen molar-refractivity contribution in [2.24, 2.45) is 0 Å². The Morgan fingerprint density at radius 2 is 1.78 bits per heavy atom. The Labute approximate surface area is 268 Å². The molecule has 9 rings (SSSR count). The Morgan fingerprint density at radius 3 is 2.53 bits per heavy atom. The van der Waals surface area contributed by atoms with Gasteiger partial charge in [0.15, 0.2) is 8.32 Å². The monoisotopic (exact) mass is 629 g/mol. The van der Waals surface area contributed by atoms with Crippen LogP contribution in [0.15, 0.2) is 55.0 Å². The zero-order chi connectivity index (χ0) is 31.6. The van der Waals surface area contributed by atoms with Crippen molar-refractivity contribution in [1.29, 1.82) is 0 Å². The number of carbonyl (C=O) groups is 1. The lowest BCUT2D eigenvalue weighted by Crippen LogP contribution is -2.44. The van der Waals surface area contributed by atoms with Crippen LogP contribution in [0.3, 0.4) is 0 Å². The Hall–Kier alpha value is -3.54. The van der Waals surface area contributed by atoms with Gasteiger partial charge in [-0.2, -0.15) is 0 Å². The highest BCUT2D eigenvalue weighted by molar-refractivity contribution is 6.74. The predicted octanol–water partition coefficient (Wildman–Crippen LogP) is 5.61. The minimum absolute atomic E-state index is 0.0705. The molecule has 8 heterocycles. The van der Waals surface area contributed by atoms with Crippen LogP contribution in [0.1, 0.15) is 46.5 Å². The maximum atomic E-state index is 12.9. The molecule has 0 spiro atoms. The van der Waals surface area contributed by atoms with Crippen LogP contribution in [-0.2, 0) is 9.22 Å². The number of carbonyl (C=O) groups excluding carboxylic acids is 1. The van der Waals surface area contributed by atoms with Crippen LogP contribution in [0.4, 0.5) is 17.5 Å². The highest BCUT2D eigenvalue weighted by Gasteiger charge is 2.43. The number of anilines is 3. The van der Waals surface area contributed by atoms with E-state index in [1.807, 2.05) is 48.8 Å². The Morgan fingerprint density at radius 1 is 1.00 bits per heavy atom. The summed E-state index contributed by atoms with van der Waals surface area (Å²) in [5.74, 6) is 2.33. The number of benzene rings is 1. The van der Waals surface area contributed by atoms with Crippen molar-refractivity contribution in [2.45, 2.75) is 82.8 Å². The number of pyridine rings is 1. The minimum atomic E-state index is -1.96. The highest BCUT2D eigenvalue weighted by Crippen LogP contribution is 2.39. The molecule has 11 heteroatoms. The van der Waals surface area contributed by atoms with Crippen LogP contribution >= 0.6 is 0 Å².